The van der Waals surface area contributed by atoms with Gasteiger partial charge >= 0.3 is 0 Å². The van der Waals surface area contributed by atoms with Gasteiger partial charge in [0.1, 0.15) is 0 Å². The number of nitrogens with one attached hydrogen (secondary N) is 1. The van der Waals surface area contributed by atoms with E-state index in [-0.39, 0.29) is 5.91 Å². The van der Waals surface area contributed by atoms with E-state index in [1.165, 1.54) is 23.1 Å². The summed E-state index contributed by atoms with van der Waals surface area (Å²) in [6, 6.07) is 9.60. The van der Waals surface area contributed by atoms with Gasteiger partial charge in [-0.2, -0.15) is 5.26 Å². The third kappa shape index (κ3) is 5.13. The highest BCUT2D eigenvalue weighted by atomic mass is 32.2. The van der Waals surface area contributed by atoms with Gasteiger partial charge in [0.05, 0.1) is 11.6 Å². The molecule has 0 saturated carbocycles. The van der Waals surface area contributed by atoms with Crippen LogP contribution in [0.2, 0.25) is 0 Å². The van der Waals surface area contributed by atoms with Gasteiger partial charge in [0, 0.05) is 12.2 Å². The predicted molar refractivity (Wildman–Crippen MR) is 88.7 cm³/mol. The van der Waals surface area contributed by atoms with Crippen molar-refractivity contribution in [1.29, 1.82) is 5.26 Å². The highest BCUT2D eigenvalue weighted by molar-refractivity contribution is 8.00. The molecule has 0 unspecified atom stereocenters. The summed E-state index contributed by atoms with van der Waals surface area (Å²) >= 11 is 2.90. The van der Waals surface area contributed by atoms with Crippen LogP contribution in [-0.4, -0.2) is 16.1 Å². The van der Waals surface area contributed by atoms with Gasteiger partial charge in [-0.05, 0) is 23.6 Å². The van der Waals surface area contributed by atoms with Crippen LogP contribution in [-0.2, 0) is 10.5 Å². The van der Waals surface area contributed by atoms with Gasteiger partial charge in [-0.25, -0.2) is 0 Å². The molecule has 2 rings (SSSR count). The Bertz CT molecular complexity index is 691. The van der Waals surface area contributed by atoms with E-state index in [4.69, 9.17) is 5.26 Å². The minimum atomic E-state index is -0.0376. The molecule has 2 aromatic rings. The summed E-state index contributed by atoms with van der Waals surface area (Å²) in [5.74, 6) is 0.989. The SMILES string of the molecule is CC(C)CC(=O)Nc1nnc(SCc2cccc(C#N)c2)s1. The Hall–Kier alpha value is -1.91. The molecule has 0 saturated heterocycles. The second kappa shape index (κ2) is 7.92. The summed E-state index contributed by atoms with van der Waals surface area (Å²) in [7, 11) is 0. The van der Waals surface area contributed by atoms with E-state index in [2.05, 4.69) is 21.6 Å². The number of benzene rings is 1. The number of carbonyl (C=O) groups excluding carboxylic acids is 1. The molecular formula is C15H16N4OS2. The van der Waals surface area contributed by atoms with Crippen LogP contribution in [0.1, 0.15) is 31.4 Å². The van der Waals surface area contributed by atoms with Crippen LogP contribution in [0.3, 0.4) is 0 Å². The number of aromatic nitrogens is 2. The third-order valence-electron chi connectivity index (χ3n) is 2.66. The van der Waals surface area contributed by atoms with Gasteiger partial charge in [-0.15, -0.1) is 10.2 Å². The van der Waals surface area contributed by atoms with E-state index >= 15 is 0 Å². The maximum atomic E-state index is 11.7. The molecule has 22 heavy (non-hydrogen) atoms. The fourth-order valence-electron chi connectivity index (χ4n) is 1.74. The summed E-state index contributed by atoms with van der Waals surface area (Å²) < 4.78 is 0.794. The van der Waals surface area contributed by atoms with Crippen molar-refractivity contribution in [3.8, 4) is 6.07 Å². The topological polar surface area (TPSA) is 78.7 Å². The van der Waals surface area contributed by atoms with Crippen molar-refractivity contribution in [1.82, 2.24) is 10.2 Å². The van der Waals surface area contributed by atoms with Crippen molar-refractivity contribution in [2.45, 2.75) is 30.4 Å². The fraction of sp³-hybridized carbons (Fsp3) is 0.333. The molecule has 0 spiro atoms. The normalized spacial score (nSPS) is 10.5. The van der Waals surface area contributed by atoms with Crippen LogP contribution >= 0.6 is 23.1 Å². The van der Waals surface area contributed by atoms with Gasteiger partial charge in [-0.1, -0.05) is 49.1 Å². The summed E-state index contributed by atoms with van der Waals surface area (Å²) in [6.45, 7) is 3.99. The first kappa shape index (κ1) is 16.5. The van der Waals surface area contributed by atoms with Crippen LogP contribution in [0.25, 0.3) is 0 Å². The second-order valence-corrected chi connectivity index (χ2v) is 7.32. The third-order valence-corrected chi connectivity index (χ3v) is 4.71. The molecule has 1 amide bonds. The first-order valence-electron chi connectivity index (χ1n) is 6.82. The van der Waals surface area contributed by atoms with Crippen molar-refractivity contribution in [2.75, 3.05) is 5.32 Å². The van der Waals surface area contributed by atoms with E-state index in [0.717, 1.165) is 9.90 Å². The number of rotatable bonds is 6. The van der Waals surface area contributed by atoms with Crippen LogP contribution < -0.4 is 5.32 Å². The lowest BCUT2D eigenvalue weighted by Crippen LogP contribution is -2.13. The lowest BCUT2D eigenvalue weighted by atomic mass is 10.1. The van der Waals surface area contributed by atoms with Gasteiger partial charge in [-0.3, -0.25) is 4.79 Å². The van der Waals surface area contributed by atoms with E-state index in [1.807, 2.05) is 32.0 Å². The molecule has 0 aliphatic carbocycles. The molecule has 0 fully saturated rings. The molecular weight excluding hydrogens is 316 g/mol. The van der Waals surface area contributed by atoms with Crippen molar-refractivity contribution in [2.24, 2.45) is 5.92 Å². The zero-order valence-corrected chi connectivity index (χ0v) is 14.0. The largest absolute Gasteiger partial charge is 0.300 e. The Morgan fingerprint density at radius 1 is 1.45 bits per heavy atom. The summed E-state index contributed by atoms with van der Waals surface area (Å²) in [6.07, 6.45) is 0.475. The maximum Gasteiger partial charge on any atom is 0.226 e. The zero-order valence-electron chi connectivity index (χ0n) is 12.4. The molecule has 1 aromatic carbocycles. The van der Waals surface area contributed by atoms with Gasteiger partial charge in [0.2, 0.25) is 11.0 Å². The monoisotopic (exact) mass is 332 g/mol. The van der Waals surface area contributed by atoms with E-state index in [1.54, 1.807) is 6.07 Å². The molecule has 114 valence electrons. The molecule has 0 aliphatic heterocycles. The van der Waals surface area contributed by atoms with Gasteiger partial charge in [0.25, 0.3) is 0 Å². The molecule has 7 heteroatoms. The molecule has 0 bridgehead atoms. The van der Waals surface area contributed by atoms with Gasteiger partial charge < -0.3 is 5.32 Å². The molecule has 1 N–H and O–H groups in total. The molecule has 1 aromatic heterocycles. The van der Waals surface area contributed by atoms with E-state index < -0.39 is 0 Å². The summed E-state index contributed by atoms with van der Waals surface area (Å²) in [5, 5.41) is 20.2. The van der Waals surface area contributed by atoms with Crippen LogP contribution in [0.15, 0.2) is 28.6 Å². The lowest BCUT2D eigenvalue weighted by Gasteiger charge is -2.02. The number of anilines is 1. The van der Waals surface area contributed by atoms with E-state index in [9.17, 15) is 4.79 Å². The summed E-state index contributed by atoms with van der Waals surface area (Å²) in [5.41, 5.74) is 1.71. The number of thioether (sulfide) groups is 1. The Kier molecular flexibility index (Phi) is 5.92. The van der Waals surface area contributed by atoms with Crippen molar-refractivity contribution >= 4 is 34.1 Å². The first-order valence-corrected chi connectivity index (χ1v) is 8.62. The highest BCUT2D eigenvalue weighted by Crippen LogP contribution is 2.28. The Balaban J connectivity index is 1.89. The number of hydrogen-bond acceptors (Lipinski definition) is 6. The average molecular weight is 332 g/mol. The standard InChI is InChI=1S/C15H16N4OS2/c1-10(2)6-13(20)17-14-18-19-15(22-14)21-9-12-5-3-4-11(7-12)8-16/h3-5,7,10H,6,9H2,1-2H3,(H,17,18,20). The average Bonchev–Trinajstić information content (AvgIpc) is 2.92. The van der Waals surface area contributed by atoms with Crippen LogP contribution in [0.4, 0.5) is 5.13 Å². The predicted octanol–water partition coefficient (Wildman–Crippen LogP) is 3.69. The number of nitriles is 1. The van der Waals surface area contributed by atoms with Crippen molar-refractivity contribution in [3.05, 3.63) is 35.4 Å². The van der Waals surface area contributed by atoms with Crippen LogP contribution in [0, 0.1) is 17.2 Å². The molecule has 0 atom stereocenters. The quantitative estimate of drug-likeness (QED) is 0.645. The number of hydrogen-bond donors (Lipinski definition) is 1. The van der Waals surface area contributed by atoms with Crippen LogP contribution in [0.5, 0.6) is 0 Å². The van der Waals surface area contributed by atoms with E-state index in [0.29, 0.717) is 28.8 Å². The molecule has 0 radical (unpaired) electrons. The number of nitrogens with zero attached hydrogens (tertiary/aromatic N) is 3. The Morgan fingerprint density at radius 3 is 3.00 bits per heavy atom. The first-order chi connectivity index (χ1) is 10.6. The number of amides is 1. The number of carbonyl (C=O) groups is 1. The molecule has 0 aliphatic rings. The molecule has 1 heterocycles. The smallest absolute Gasteiger partial charge is 0.226 e. The summed E-state index contributed by atoms with van der Waals surface area (Å²) in [4.78, 5) is 11.7. The Morgan fingerprint density at radius 2 is 2.27 bits per heavy atom. The maximum absolute atomic E-state index is 11.7. The zero-order chi connectivity index (χ0) is 15.9. The second-order valence-electron chi connectivity index (χ2n) is 5.12. The lowest BCUT2D eigenvalue weighted by molar-refractivity contribution is -0.116. The molecule has 5 nitrogen and oxygen atoms in total. The fourth-order valence-corrected chi connectivity index (χ4v) is 3.45. The van der Waals surface area contributed by atoms with Gasteiger partial charge in [0.15, 0.2) is 4.34 Å². The minimum Gasteiger partial charge on any atom is -0.300 e. The Labute approximate surface area is 137 Å². The highest BCUT2D eigenvalue weighted by Gasteiger charge is 2.10. The minimum absolute atomic E-state index is 0.0376. The van der Waals surface area contributed by atoms with Crippen molar-refractivity contribution in [3.63, 3.8) is 0 Å². The van der Waals surface area contributed by atoms with Crippen molar-refractivity contribution < 1.29 is 4.79 Å².